The Morgan fingerprint density at radius 1 is 1.33 bits per heavy atom. The highest BCUT2D eigenvalue weighted by Crippen LogP contribution is 2.16. The molecule has 72 valence electrons. The predicted molar refractivity (Wildman–Crippen MR) is 53.1 cm³/mol. The molecule has 1 rings (SSSR count). The molecule has 0 saturated heterocycles. The Balaban J connectivity index is 1.98. The minimum absolute atomic E-state index is 0.423. The van der Waals surface area contributed by atoms with E-state index in [0.29, 0.717) is 12.1 Å². The van der Waals surface area contributed by atoms with Gasteiger partial charge in [0.2, 0.25) is 0 Å². The molecule has 0 amide bonds. The van der Waals surface area contributed by atoms with E-state index in [2.05, 4.69) is 12.2 Å². The third-order valence-electron chi connectivity index (χ3n) is 2.76. The normalized spacial score (nSPS) is 29.5. The van der Waals surface area contributed by atoms with Crippen molar-refractivity contribution in [1.29, 1.82) is 0 Å². The summed E-state index contributed by atoms with van der Waals surface area (Å²) in [7, 11) is 0. The average Bonchev–Trinajstić information content (AvgIpc) is 2.46. The van der Waals surface area contributed by atoms with Crippen molar-refractivity contribution < 1.29 is 0 Å². The first kappa shape index (κ1) is 10.0. The fourth-order valence-corrected chi connectivity index (χ4v) is 1.90. The average molecular weight is 170 g/mol. The molecule has 0 spiro atoms. The number of rotatable bonds is 5. The minimum atomic E-state index is 0.423. The van der Waals surface area contributed by atoms with E-state index >= 15 is 0 Å². The zero-order chi connectivity index (χ0) is 8.81. The highest BCUT2D eigenvalue weighted by Gasteiger charge is 2.22. The van der Waals surface area contributed by atoms with Crippen molar-refractivity contribution in [2.75, 3.05) is 6.54 Å². The Morgan fingerprint density at radius 3 is 2.75 bits per heavy atom. The van der Waals surface area contributed by atoms with Crippen LogP contribution < -0.4 is 11.1 Å². The van der Waals surface area contributed by atoms with Gasteiger partial charge in [-0.25, -0.2) is 0 Å². The lowest BCUT2D eigenvalue weighted by atomic mass is 10.2. The SMILES string of the molecule is CCCCCN[C@H]1CCC[C@H]1N. The Hall–Kier alpha value is -0.0800. The van der Waals surface area contributed by atoms with Crippen molar-refractivity contribution in [3.8, 4) is 0 Å². The van der Waals surface area contributed by atoms with Crippen LogP contribution in [0.3, 0.4) is 0 Å². The second-order valence-electron chi connectivity index (χ2n) is 3.86. The molecule has 0 aromatic carbocycles. The van der Waals surface area contributed by atoms with Crippen molar-refractivity contribution in [3.63, 3.8) is 0 Å². The molecule has 1 saturated carbocycles. The topological polar surface area (TPSA) is 38.0 Å². The van der Waals surface area contributed by atoms with Gasteiger partial charge in [-0.1, -0.05) is 26.2 Å². The lowest BCUT2D eigenvalue weighted by molar-refractivity contribution is 0.465. The molecule has 0 unspecified atom stereocenters. The summed E-state index contributed by atoms with van der Waals surface area (Å²) in [6.45, 7) is 3.40. The van der Waals surface area contributed by atoms with E-state index in [1.165, 1.54) is 38.5 Å². The highest BCUT2D eigenvalue weighted by atomic mass is 15.0. The molecule has 0 heterocycles. The van der Waals surface area contributed by atoms with Gasteiger partial charge < -0.3 is 11.1 Å². The van der Waals surface area contributed by atoms with Gasteiger partial charge in [0.1, 0.15) is 0 Å². The highest BCUT2D eigenvalue weighted by molar-refractivity contribution is 4.85. The van der Waals surface area contributed by atoms with Crippen LogP contribution >= 0.6 is 0 Å². The van der Waals surface area contributed by atoms with Gasteiger partial charge in [-0.15, -0.1) is 0 Å². The smallest absolute Gasteiger partial charge is 0.0219 e. The van der Waals surface area contributed by atoms with E-state index in [9.17, 15) is 0 Å². The van der Waals surface area contributed by atoms with Crippen molar-refractivity contribution in [2.45, 2.75) is 57.5 Å². The molecule has 2 nitrogen and oxygen atoms in total. The minimum Gasteiger partial charge on any atom is -0.326 e. The van der Waals surface area contributed by atoms with E-state index < -0.39 is 0 Å². The van der Waals surface area contributed by atoms with E-state index in [0.717, 1.165) is 6.54 Å². The molecular weight excluding hydrogens is 148 g/mol. The van der Waals surface area contributed by atoms with Crippen molar-refractivity contribution in [1.82, 2.24) is 5.32 Å². The third-order valence-corrected chi connectivity index (χ3v) is 2.76. The molecule has 1 aliphatic rings. The van der Waals surface area contributed by atoms with E-state index in [1.54, 1.807) is 0 Å². The van der Waals surface area contributed by atoms with Crippen LogP contribution in [-0.2, 0) is 0 Å². The Kier molecular flexibility index (Phi) is 4.62. The molecule has 0 aliphatic heterocycles. The van der Waals surface area contributed by atoms with Crippen molar-refractivity contribution in [2.24, 2.45) is 5.73 Å². The summed E-state index contributed by atoms with van der Waals surface area (Å²) in [6.07, 6.45) is 7.76. The zero-order valence-electron chi connectivity index (χ0n) is 8.18. The maximum atomic E-state index is 5.93. The van der Waals surface area contributed by atoms with Gasteiger partial charge in [0.25, 0.3) is 0 Å². The van der Waals surface area contributed by atoms with Crippen LogP contribution in [0.4, 0.5) is 0 Å². The molecule has 2 atom stereocenters. The first-order valence-electron chi connectivity index (χ1n) is 5.33. The molecule has 0 bridgehead atoms. The number of hydrogen-bond acceptors (Lipinski definition) is 2. The maximum absolute atomic E-state index is 5.93. The summed E-state index contributed by atoms with van der Waals surface area (Å²) in [5.74, 6) is 0. The monoisotopic (exact) mass is 170 g/mol. The second-order valence-corrected chi connectivity index (χ2v) is 3.86. The standard InChI is InChI=1S/C10H22N2/c1-2-3-4-8-12-10-7-5-6-9(10)11/h9-10,12H,2-8,11H2,1H3/t9-,10+/m1/s1. The molecule has 1 aliphatic carbocycles. The van der Waals surface area contributed by atoms with Crippen LogP contribution in [0, 0.1) is 0 Å². The maximum Gasteiger partial charge on any atom is 0.0219 e. The summed E-state index contributed by atoms with van der Waals surface area (Å²) in [5, 5.41) is 3.54. The number of hydrogen-bond donors (Lipinski definition) is 2. The van der Waals surface area contributed by atoms with E-state index in [4.69, 9.17) is 5.73 Å². The molecule has 12 heavy (non-hydrogen) atoms. The first-order valence-corrected chi connectivity index (χ1v) is 5.33. The van der Waals surface area contributed by atoms with Gasteiger partial charge in [-0.05, 0) is 25.8 Å². The van der Waals surface area contributed by atoms with Gasteiger partial charge in [-0.2, -0.15) is 0 Å². The Labute approximate surface area is 75.9 Å². The van der Waals surface area contributed by atoms with E-state index in [1.807, 2.05) is 0 Å². The van der Waals surface area contributed by atoms with Gasteiger partial charge in [0.05, 0.1) is 0 Å². The van der Waals surface area contributed by atoms with Crippen molar-refractivity contribution in [3.05, 3.63) is 0 Å². The molecule has 1 fully saturated rings. The summed E-state index contributed by atoms with van der Waals surface area (Å²) in [5.41, 5.74) is 5.93. The molecule has 3 N–H and O–H groups in total. The molecule has 0 aromatic rings. The summed E-state index contributed by atoms with van der Waals surface area (Å²) >= 11 is 0. The summed E-state index contributed by atoms with van der Waals surface area (Å²) in [4.78, 5) is 0. The lowest BCUT2D eigenvalue weighted by Crippen LogP contribution is -2.41. The summed E-state index contributed by atoms with van der Waals surface area (Å²) in [6, 6.07) is 1.04. The van der Waals surface area contributed by atoms with Crippen LogP contribution in [-0.4, -0.2) is 18.6 Å². The van der Waals surface area contributed by atoms with E-state index in [-0.39, 0.29) is 0 Å². The fourth-order valence-electron chi connectivity index (χ4n) is 1.90. The zero-order valence-corrected chi connectivity index (χ0v) is 8.18. The van der Waals surface area contributed by atoms with Gasteiger partial charge in [0.15, 0.2) is 0 Å². The van der Waals surface area contributed by atoms with Gasteiger partial charge in [0, 0.05) is 12.1 Å². The Bertz CT molecular complexity index is 114. The van der Waals surface area contributed by atoms with Crippen molar-refractivity contribution >= 4 is 0 Å². The lowest BCUT2D eigenvalue weighted by Gasteiger charge is -2.16. The molecule has 0 radical (unpaired) electrons. The third kappa shape index (κ3) is 3.11. The quantitative estimate of drug-likeness (QED) is 0.616. The number of unbranched alkanes of at least 4 members (excludes halogenated alkanes) is 2. The van der Waals surface area contributed by atoms with Crippen LogP contribution in [0.15, 0.2) is 0 Å². The van der Waals surface area contributed by atoms with Crippen LogP contribution in [0.25, 0.3) is 0 Å². The fraction of sp³-hybridized carbons (Fsp3) is 1.00. The Morgan fingerprint density at radius 2 is 2.17 bits per heavy atom. The molecule has 0 aromatic heterocycles. The number of nitrogens with two attached hydrogens (primary N) is 1. The largest absolute Gasteiger partial charge is 0.326 e. The first-order chi connectivity index (χ1) is 5.84. The summed E-state index contributed by atoms with van der Waals surface area (Å²) < 4.78 is 0. The molecular formula is C10H22N2. The molecule has 2 heteroatoms. The van der Waals surface area contributed by atoms with Crippen LogP contribution in [0.2, 0.25) is 0 Å². The number of nitrogens with one attached hydrogen (secondary N) is 1. The van der Waals surface area contributed by atoms with Crippen LogP contribution in [0.5, 0.6) is 0 Å². The predicted octanol–water partition coefficient (Wildman–Crippen LogP) is 1.65. The second kappa shape index (κ2) is 5.55. The van der Waals surface area contributed by atoms with Gasteiger partial charge in [-0.3, -0.25) is 0 Å². The van der Waals surface area contributed by atoms with Gasteiger partial charge >= 0.3 is 0 Å². The van der Waals surface area contributed by atoms with Crippen LogP contribution in [0.1, 0.15) is 45.4 Å².